The lowest BCUT2D eigenvalue weighted by Crippen LogP contribution is -1.88. The zero-order valence-corrected chi connectivity index (χ0v) is 10.9. The van der Waals surface area contributed by atoms with Crippen molar-refractivity contribution in [2.24, 2.45) is 0 Å². The first-order valence-electron chi connectivity index (χ1n) is 5.06. The molecule has 0 radical (unpaired) electrons. The maximum atomic E-state index is 5.94. The highest BCUT2D eigenvalue weighted by Gasteiger charge is 2.03. The van der Waals surface area contributed by atoms with Crippen LogP contribution in [0.4, 0.5) is 5.69 Å². The normalized spacial score (nSPS) is 10.2. The summed E-state index contributed by atoms with van der Waals surface area (Å²) in [7, 11) is 1.65. The minimum Gasteiger partial charge on any atom is -0.497 e. The first-order chi connectivity index (χ1) is 8.19. The van der Waals surface area contributed by atoms with Gasteiger partial charge in [-0.2, -0.15) is 0 Å². The Bertz CT molecular complexity index is 513. The van der Waals surface area contributed by atoms with E-state index in [0.717, 1.165) is 21.2 Å². The van der Waals surface area contributed by atoms with E-state index < -0.39 is 0 Å². The monoisotopic (exact) mass is 265 g/mol. The number of hydrogen-bond donors (Lipinski definition) is 1. The summed E-state index contributed by atoms with van der Waals surface area (Å²) in [5.74, 6) is 0.841. The fourth-order valence-electron chi connectivity index (χ4n) is 1.37. The van der Waals surface area contributed by atoms with Gasteiger partial charge in [0.05, 0.1) is 7.11 Å². The van der Waals surface area contributed by atoms with Crippen LogP contribution in [0.3, 0.4) is 0 Å². The lowest BCUT2D eigenvalue weighted by atomic mass is 10.3. The van der Waals surface area contributed by atoms with Gasteiger partial charge >= 0.3 is 0 Å². The van der Waals surface area contributed by atoms with Gasteiger partial charge in [0.1, 0.15) is 5.75 Å². The Morgan fingerprint density at radius 3 is 2.47 bits per heavy atom. The van der Waals surface area contributed by atoms with E-state index in [1.807, 2.05) is 36.4 Å². The molecule has 17 heavy (non-hydrogen) atoms. The fraction of sp³-hybridized carbons (Fsp3) is 0.0769. The first kappa shape index (κ1) is 12.1. The van der Waals surface area contributed by atoms with Crippen LogP contribution in [-0.4, -0.2) is 7.11 Å². The Morgan fingerprint density at radius 1 is 1.12 bits per heavy atom. The molecule has 0 aliphatic rings. The SMILES string of the molecule is COc1ccc(Sc2cc(Cl)ccc2N)cc1. The molecule has 0 aliphatic heterocycles. The Kier molecular flexibility index (Phi) is 3.82. The second kappa shape index (κ2) is 5.34. The number of rotatable bonds is 3. The molecule has 88 valence electrons. The molecule has 2 aromatic rings. The predicted molar refractivity (Wildman–Crippen MR) is 73.0 cm³/mol. The average Bonchev–Trinajstić information content (AvgIpc) is 2.35. The molecule has 2 rings (SSSR count). The van der Waals surface area contributed by atoms with Crippen LogP contribution in [-0.2, 0) is 0 Å². The molecular formula is C13H12ClNOS. The molecule has 0 heterocycles. The highest BCUT2D eigenvalue weighted by Crippen LogP contribution is 2.34. The van der Waals surface area contributed by atoms with Crippen molar-refractivity contribution in [1.82, 2.24) is 0 Å². The molecular weight excluding hydrogens is 254 g/mol. The summed E-state index contributed by atoms with van der Waals surface area (Å²) in [5.41, 5.74) is 6.62. The fourth-order valence-corrected chi connectivity index (χ4v) is 2.50. The highest BCUT2D eigenvalue weighted by atomic mass is 35.5. The summed E-state index contributed by atoms with van der Waals surface area (Å²) >= 11 is 7.52. The van der Waals surface area contributed by atoms with E-state index in [0.29, 0.717) is 5.02 Å². The summed E-state index contributed by atoms with van der Waals surface area (Å²) in [5, 5.41) is 0.690. The van der Waals surface area contributed by atoms with Gasteiger partial charge in [-0.1, -0.05) is 23.4 Å². The summed E-state index contributed by atoms with van der Waals surface area (Å²) < 4.78 is 5.11. The second-order valence-electron chi connectivity index (χ2n) is 3.46. The van der Waals surface area contributed by atoms with Gasteiger partial charge in [0.15, 0.2) is 0 Å². The topological polar surface area (TPSA) is 35.2 Å². The molecule has 0 spiro atoms. The smallest absolute Gasteiger partial charge is 0.118 e. The third-order valence-electron chi connectivity index (χ3n) is 2.26. The average molecular weight is 266 g/mol. The second-order valence-corrected chi connectivity index (χ2v) is 5.01. The Labute approximate surface area is 110 Å². The van der Waals surface area contributed by atoms with E-state index in [4.69, 9.17) is 22.1 Å². The van der Waals surface area contributed by atoms with E-state index in [-0.39, 0.29) is 0 Å². The molecule has 0 amide bonds. The largest absolute Gasteiger partial charge is 0.497 e. The molecule has 0 aromatic heterocycles. The number of methoxy groups -OCH3 is 1. The van der Waals surface area contributed by atoms with E-state index >= 15 is 0 Å². The number of benzene rings is 2. The summed E-state index contributed by atoms with van der Waals surface area (Å²) in [4.78, 5) is 2.06. The van der Waals surface area contributed by atoms with Crippen LogP contribution < -0.4 is 10.5 Å². The number of nitrogens with two attached hydrogens (primary N) is 1. The molecule has 0 fully saturated rings. The maximum absolute atomic E-state index is 5.94. The van der Waals surface area contributed by atoms with Crippen LogP contribution >= 0.6 is 23.4 Å². The molecule has 0 saturated carbocycles. The van der Waals surface area contributed by atoms with Crippen molar-refractivity contribution in [2.45, 2.75) is 9.79 Å². The number of nitrogen functional groups attached to an aromatic ring is 1. The van der Waals surface area contributed by atoms with Crippen molar-refractivity contribution in [3.8, 4) is 5.75 Å². The minimum absolute atomic E-state index is 0.690. The number of ether oxygens (including phenoxy) is 1. The van der Waals surface area contributed by atoms with Crippen LogP contribution in [0.5, 0.6) is 5.75 Å². The van der Waals surface area contributed by atoms with Gasteiger partial charge in [0, 0.05) is 20.5 Å². The van der Waals surface area contributed by atoms with Crippen LogP contribution in [0, 0.1) is 0 Å². The third-order valence-corrected chi connectivity index (χ3v) is 3.58. The Hall–Kier alpha value is -1.32. The zero-order valence-electron chi connectivity index (χ0n) is 9.31. The van der Waals surface area contributed by atoms with Gasteiger partial charge in [-0.3, -0.25) is 0 Å². The molecule has 2 aromatic carbocycles. The number of hydrogen-bond acceptors (Lipinski definition) is 3. The zero-order chi connectivity index (χ0) is 12.3. The van der Waals surface area contributed by atoms with Crippen molar-refractivity contribution in [2.75, 3.05) is 12.8 Å². The minimum atomic E-state index is 0.690. The first-order valence-corrected chi connectivity index (χ1v) is 6.25. The van der Waals surface area contributed by atoms with Crippen LogP contribution in [0.2, 0.25) is 5.02 Å². The number of halogens is 1. The summed E-state index contributed by atoms with van der Waals surface area (Å²) in [6.07, 6.45) is 0. The Morgan fingerprint density at radius 2 is 1.82 bits per heavy atom. The molecule has 0 unspecified atom stereocenters. The lowest BCUT2D eigenvalue weighted by molar-refractivity contribution is 0.414. The molecule has 0 atom stereocenters. The van der Waals surface area contributed by atoms with Crippen molar-refractivity contribution >= 4 is 29.1 Å². The molecule has 4 heteroatoms. The van der Waals surface area contributed by atoms with Crippen molar-refractivity contribution in [1.29, 1.82) is 0 Å². The van der Waals surface area contributed by atoms with Gasteiger partial charge < -0.3 is 10.5 Å². The molecule has 2 nitrogen and oxygen atoms in total. The van der Waals surface area contributed by atoms with E-state index in [2.05, 4.69) is 0 Å². The molecule has 0 bridgehead atoms. The molecule has 0 aliphatic carbocycles. The Balaban J connectivity index is 2.22. The van der Waals surface area contributed by atoms with Crippen molar-refractivity contribution in [3.05, 3.63) is 47.5 Å². The van der Waals surface area contributed by atoms with Crippen LogP contribution in [0.15, 0.2) is 52.3 Å². The van der Waals surface area contributed by atoms with Crippen LogP contribution in [0.25, 0.3) is 0 Å². The lowest BCUT2D eigenvalue weighted by Gasteiger charge is -2.06. The summed E-state index contributed by atoms with van der Waals surface area (Å²) in [6, 6.07) is 13.3. The van der Waals surface area contributed by atoms with Crippen molar-refractivity contribution < 1.29 is 4.74 Å². The van der Waals surface area contributed by atoms with Gasteiger partial charge in [-0.15, -0.1) is 0 Å². The summed E-state index contributed by atoms with van der Waals surface area (Å²) in [6.45, 7) is 0. The molecule has 2 N–H and O–H groups in total. The maximum Gasteiger partial charge on any atom is 0.118 e. The van der Waals surface area contributed by atoms with Crippen molar-refractivity contribution in [3.63, 3.8) is 0 Å². The quantitative estimate of drug-likeness (QED) is 0.850. The van der Waals surface area contributed by atoms with E-state index in [1.165, 1.54) is 0 Å². The van der Waals surface area contributed by atoms with Gasteiger partial charge in [-0.05, 0) is 42.5 Å². The molecule has 0 saturated heterocycles. The standard InChI is InChI=1S/C13H12ClNOS/c1-16-10-3-5-11(6-4-10)17-13-8-9(14)2-7-12(13)15/h2-8H,15H2,1H3. The van der Waals surface area contributed by atoms with Gasteiger partial charge in [0.2, 0.25) is 0 Å². The predicted octanol–water partition coefficient (Wildman–Crippen LogP) is 4.08. The highest BCUT2D eigenvalue weighted by molar-refractivity contribution is 7.99. The third kappa shape index (κ3) is 3.08. The van der Waals surface area contributed by atoms with Crippen LogP contribution in [0.1, 0.15) is 0 Å². The van der Waals surface area contributed by atoms with Gasteiger partial charge in [0.25, 0.3) is 0 Å². The number of anilines is 1. The van der Waals surface area contributed by atoms with E-state index in [9.17, 15) is 0 Å². The van der Waals surface area contributed by atoms with E-state index in [1.54, 1.807) is 24.9 Å². The van der Waals surface area contributed by atoms with Gasteiger partial charge in [-0.25, -0.2) is 0 Å².